The molecule has 172 valence electrons. The van der Waals surface area contributed by atoms with E-state index in [-0.39, 0.29) is 12.0 Å². The summed E-state index contributed by atoms with van der Waals surface area (Å²) in [6.45, 7) is 4.45. The first-order chi connectivity index (χ1) is 16.6. The molecule has 0 radical (unpaired) electrons. The van der Waals surface area contributed by atoms with Crippen LogP contribution in [0.25, 0.3) is 11.2 Å². The van der Waals surface area contributed by atoms with Gasteiger partial charge in [0.25, 0.3) is 0 Å². The second-order valence-electron chi connectivity index (χ2n) is 8.45. The molecule has 1 aliphatic rings. The molecule has 4 aromatic rings. The molecule has 1 aliphatic heterocycles. The lowest BCUT2D eigenvalue weighted by atomic mass is 10.00. The molecular formula is C27H26FN5O. The number of nitrogens with one attached hydrogen (secondary N) is 1. The first-order valence-electron chi connectivity index (χ1n) is 11.5. The van der Waals surface area contributed by atoms with Crippen LogP contribution >= 0.6 is 0 Å². The van der Waals surface area contributed by atoms with Crippen LogP contribution in [-0.2, 0) is 11.3 Å². The maximum Gasteiger partial charge on any atom is 0.209 e. The van der Waals surface area contributed by atoms with E-state index in [0.717, 1.165) is 17.5 Å². The molecule has 0 aliphatic carbocycles. The van der Waals surface area contributed by atoms with E-state index in [1.165, 1.54) is 0 Å². The standard InChI is InChI=1S/C27H26FN5O/c1-3-21-18(2)23(28)27(34-21)33-17-30-24-25(29-16-20-12-8-5-9-13-20)31-22(32-26(24)33)15-14-19-10-6-4-7-11-19/h4-13,17-18,21,23,27H,3,16H2,1-2H3,(H,29,31,32)/t18-,21-,23+,27-/m1/s1. The number of hydrogen-bond acceptors (Lipinski definition) is 5. The van der Waals surface area contributed by atoms with Crippen LogP contribution in [0.15, 0.2) is 67.0 Å². The second kappa shape index (κ2) is 9.62. The number of halogens is 1. The smallest absolute Gasteiger partial charge is 0.209 e. The summed E-state index contributed by atoms with van der Waals surface area (Å²) in [5.74, 6) is 6.84. The predicted octanol–water partition coefficient (Wildman–Crippen LogP) is 5.12. The molecule has 4 atom stereocenters. The maximum absolute atomic E-state index is 15.2. The summed E-state index contributed by atoms with van der Waals surface area (Å²) in [7, 11) is 0. The molecule has 1 fully saturated rings. The summed E-state index contributed by atoms with van der Waals surface area (Å²) < 4.78 is 22.9. The Morgan fingerprint density at radius 1 is 1.03 bits per heavy atom. The molecule has 6 nitrogen and oxygen atoms in total. The highest BCUT2D eigenvalue weighted by molar-refractivity contribution is 5.83. The minimum absolute atomic E-state index is 0.146. The third-order valence-electron chi connectivity index (χ3n) is 6.17. The molecular weight excluding hydrogens is 429 g/mol. The number of ether oxygens (including phenoxy) is 1. The highest BCUT2D eigenvalue weighted by Crippen LogP contribution is 2.39. The number of fused-ring (bicyclic) bond motifs is 1. The Morgan fingerprint density at radius 2 is 1.76 bits per heavy atom. The van der Waals surface area contributed by atoms with Crippen molar-refractivity contribution in [1.29, 1.82) is 0 Å². The highest BCUT2D eigenvalue weighted by Gasteiger charge is 2.43. The fourth-order valence-corrected chi connectivity index (χ4v) is 4.24. The van der Waals surface area contributed by atoms with Crippen LogP contribution in [0.3, 0.4) is 0 Å². The predicted molar refractivity (Wildman–Crippen MR) is 130 cm³/mol. The number of anilines is 1. The lowest BCUT2D eigenvalue weighted by Gasteiger charge is -2.16. The molecule has 0 bridgehead atoms. The zero-order valence-electron chi connectivity index (χ0n) is 19.1. The third kappa shape index (κ3) is 4.37. The Balaban J connectivity index is 1.55. The maximum atomic E-state index is 15.2. The van der Waals surface area contributed by atoms with E-state index in [1.54, 1.807) is 10.9 Å². The van der Waals surface area contributed by atoms with E-state index >= 15 is 4.39 Å². The SMILES string of the molecule is CC[C@H]1O[C@@H](n2cnc3c(NCc4ccccc4)nc(C#Cc4ccccc4)nc32)[C@@H](F)[C@@H]1C. The molecule has 0 unspecified atom stereocenters. The zero-order chi connectivity index (χ0) is 23.5. The van der Waals surface area contributed by atoms with Crippen LogP contribution in [0.4, 0.5) is 10.2 Å². The summed E-state index contributed by atoms with van der Waals surface area (Å²) in [5.41, 5.74) is 3.03. The molecule has 5 rings (SSSR count). The Labute approximate surface area is 198 Å². The largest absolute Gasteiger partial charge is 0.364 e. The fraction of sp³-hybridized carbons (Fsp3) is 0.296. The van der Waals surface area contributed by atoms with E-state index in [2.05, 4.69) is 32.1 Å². The van der Waals surface area contributed by atoms with Gasteiger partial charge < -0.3 is 10.1 Å². The number of nitrogens with zero attached hydrogens (tertiary/aromatic N) is 4. The Morgan fingerprint density at radius 3 is 2.47 bits per heavy atom. The summed E-state index contributed by atoms with van der Waals surface area (Å²) in [5, 5.41) is 3.36. The van der Waals surface area contributed by atoms with Gasteiger partial charge in [-0.2, -0.15) is 0 Å². The Hall–Kier alpha value is -3.76. The van der Waals surface area contributed by atoms with Crippen molar-refractivity contribution in [2.75, 3.05) is 5.32 Å². The molecule has 1 saturated heterocycles. The monoisotopic (exact) mass is 455 g/mol. The van der Waals surface area contributed by atoms with Crippen LogP contribution in [0.5, 0.6) is 0 Å². The summed E-state index contributed by atoms with van der Waals surface area (Å²) in [4.78, 5) is 13.8. The highest BCUT2D eigenvalue weighted by atomic mass is 19.1. The molecule has 0 amide bonds. The quantitative estimate of drug-likeness (QED) is 0.423. The van der Waals surface area contributed by atoms with Gasteiger partial charge in [0, 0.05) is 18.0 Å². The van der Waals surface area contributed by atoms with Gasteiger partial charge in [0.2, 0.25) is 5.82 Å². The Bertz CT molecular complexity index is 1330. The van der Waals surface area contributed by atoms with Crippen molar-refractivity contribution in [3.8, 4) is 11.8 Å². The van der Waals surface area contributed by atoms with E-state index < -0.39 is 12.4 Å². The molecule has 1 N–H and O–H groups in total. The van der Waals surface area contributed by atoms with Crippen LogP contribution in [0.1, 0.15) is 43.4 Å². The van der Waals surface area contributed by atoms with Crippen LogP contribution in [0, 0.1) is 17.8 Å². The number of benzene rings is 2. The fourth-order valence-electron chi connectivity index (χ4n) is 4.24. The van der Waals surface area contributed by atoms with Crippen molar-refractivity contribution in [2.24, 2.45) is 5.92 Å². The first kappa shape index (κ1) is 22.1. The van der Waals surface area contributed by atoms with E-state index in [0.29, 0.717) is 29.4 Å². The minimum Gasteiger partial charge on any atom is -0.364 e. The molecule has 2 aromatic heterocycles. The molecule has 34 heavy (non-hydrogen) atoms. The van der Waals surface area contributed by atoms with Crippen LogP contribution in [0.2, 0.25) is 0 Å². The van der Waals surface area contributed by atoms with Crippen molar-refractivity contribution in [1.82, 2.24) is 19.5 Å². The zero-order valence-corrected chi connectivity index (χ0v) is 19.1. The third-order valence-corrected chi connectivity index (χ3v) is 6.17. The number of alkyl halides is 1. The normalized spacial score (nSPS) is 21.9. The van der Waals surface area contributed by atoms with Crippen molar-refractivity contribution in [3.63, 3.8) is 0 Å². The Kier molecular flexibility index (Phi) is 6.24. The molecule has 3 heterocycles. The van der Waals surface area contributed by atoms with E-state index in [1.807, 2.05) is 74.5 Å². The van der Waals surface area contributed by atoms with Gasteiger partial charge in [0.05, 0.1) is 12.4 Å². The van der Waals surface area contributed by atoms with Crippen molar-refractivity contribution < 1.29 is 9.13 Å². The van der Waals surface area contributed by atoms with Gasteiger partial charge in [0.15, 0.2) is 29.4 Å². The first-order valence-corrected chi connectivity index (χ1v) is 11.5. The van der Waals surface area contributed by atoms with Crippen molar-refractivity contribution >= 4 is 17.0 Å². The summed E-state index contributed by atoms with van der Waals surface area (Å²) >= 11 is 0. The van der Waals surface area contributed by atoms with Gasteiger partial charge in [-0.1, -0.05) is 68.3 Å². The minimum atomic E-state index is -1.16. The van der Waals surface area contributed by atoms with Crippen LogP contribution < -0.4 is 5.32 Å². The van der Waals surface area contributed by atoms with Gasteiger partial charge in [-0.25, -0.2) is 19.3 Å². The van der Waals surface area contributed by atoms with Gasteiger partial charge in [0.1, 0.15) is 0 Å². The number of imidazole rings is 1. The molecule has 7 heteroatoms. The van der Waals surface area contributed by atoms with Gasteiger partial charge in [-0.3, -0.25) is 4.57 Å². The topological polar surface area (TPSA) is 64.9 Å². The van der Waals surface area contributed by atoms with Crippen molar-refractivity contribution in [2.45, 2.75) is 45.3 Å². The van der Waals surface area contributed by atoms with E-state index in [9.17, 15) is 0 Å². The van der Waals surface area contributed by atoms with E-state index in [4.69, 9.17) is 4.74 Å². The average molecular weight is 456 g/mol. The van der Waals surface area contributed by atoms with Crippen LogP contribution in [-0.4, -0.2) is 31.8 Å². The average Bonchev–Trinajstić information content (AvgIpc) is 3.43. The molecule has 2 aromatic carbocycles. The van der Waals surface area contributed by atoms with Gasteiger partial charge in [-0.05, 0) is 30.0 Å². The van der Waals surface area contributed by atoms with Gasteiger partial charge >= 0.3 is 0 Å². The molecule has 0 spiro atoms. The number of hydrogen-bond donors (Lipinski definition) is 1. The van der Waals surface area contributed by atoms with Crippen molar-refractivity contribution in [3.05, 3.63) is 83.9 Å². The van der Waals surface area contributed by atoms with Gasteiger partial charge in [-0.15, -0.1) is 0 Å². The summed E-state index contributed by atoms with van der Waals surface area (Å²) in [6.07, 6.45) is 0.252. The second-order valence-corrected chi connectivity index (χ2v) is 8.45. The summed E-state index contributed by atoms with van der Waals surface area (Å²) in [6, 6.07) is 19.7. The molecule has 0 saturated carbocycles. The number of aromatic nitrogens is 4. The lowest BCUT2D eigenvalue weighted by Crippen LogP contribution is -2.20. The number of rotatable bonds is 5. The lowest BCUT2D eigenvalue weighted by molar-refractivity contribution is -0.0186.